The van der Waals surface area contributed by atoms with Crippen molar-refractivity contribution in [2.24, 2.45) is 0 Å². The van der Waals surface area contributed by atoms with Gasteiger partial charge in [0, 0.05) is 0 Å². The van der Waals surface area contributed by atoms with E-state index >= 15 is 0 Å². The molecule has 0 aromatic carbocycles. The van der Waals surface area contributed by atoms with E-state index in [4.69, 9.17) is 0 Å². The van der Waals surface area contributed by atoms with Crippen molar-refractivity contribution in [3.63, 3.8) is 0 Å². The van der Waals surface area contributed by atoms with Gasteiger partial charge >= 0.3 is 0 Å². The van der Waals surface area contributed by atoms with Crippen LogP contribution in [0.1, 0.15) is 206 Å². The molecule has 0 radical (unpaired) electrons. The van der Waals surface area contributed by atoms with E-state index in [1.165, 1.54) is 193 Å². The van der Waals surface area contributed by atoms with Gasteiger partial charge in [-0.25, -0.2) is 0 Å². The van der Waals surface area contributed by atoms with E-state index in [1.807, 2.05) is 0 Å². The molecule has 0 rings (SSSR count). The summed E-state index contributed by atoms with van der Waals surface area (Å²) in [7, 11) is 0. The zero-order valence-electron chi connectivity index (χ0n) is 24.4. The SMILES string of the molecule is CCCCCCC/C=C\CCCCCCCCCCCCCCCCCCCCCCCCC. The quantitative estimate of drug-likeness (QED) is 0.0714. The zero-order chi connectivity index (χ0) is 24.6. The van der Waals surface area contributed by atoms with Gasteiger partial charge in [0.25, 0.3) is 0 Å². The molecule has 0 aliphatic heterocycles. The minimum atomic E-state index is 1.31. The maximum atomic E-state index is 2.44. The average Bonchev–Trinajstić information content (AvgIpc) is 2.85. The Bertz CT molecular complexity index is 355. The molecule has 0 atom stereocenters. The third-order valence-corrected chi connectivity index (χ3v) is 7.62. The van der Waals surface area contributed by atoms with Gasteiger partial charge in [0.05, 0.1) is 0 Å². The average molecular weight is 477 g/mol. The highest BCUT2D eigenvalue weighted by molar-refractivity contribution is 4.81. The Morgan fingerprint density at radius 1 is 0.235 bits per heavy atom. The monoisotopic (exact) mass is 477 g/mol. The Balaban J connectivity index is 3.04. The normalized spacial score (nSPS) is 11.7. The van der Waals surface area contributed by atoms with E-state index in [1.54, 1.807) is 0 Å². The molecule has 0 aliphatic carbocycles. The van der Waals surface area contributed by atoms with Gasteiger partial charge in [-0.1, -0.05) is 193 Å². The van der Waals surface area contributed by atoms with Crippen LogP contribution in [0.15, 0.2) is 12.2 Å². The Labute approximate surface area is 218 Å². The topological polar surface area (TPSA) is 0 Å². The van der Waals surface area contributed by atoms with E-state index < -0.39 is 0 Å². The second-order valence-electron chi connectivity index (χ2n) is 11.2. The Hall–Kier alpha value is -0.260. The molecule has 34 heavy (non-hydrogen) atoms. The molecule has 0 heteroatoms. The van der Waals surface area contributed by atoms with Crippen molar-refractivity contribution in [3.8, 4) is 0 Å². The first kappa shape index (κ1) is 33.7. The van der Waals surface area contributed by atoms with Gasteiger partial charge in [0.1, 0.15) is 0 Å². The van der Waals surface area contributed by atoms with Crippen molar-refractivity contribution in [1.82, 2.24) is 0 Å². The van der Waals surface area contributed by atoms with E-state index in [0.29, 0.717) is 0 Å². The molecule has 0 aromatic heterocycles. The molecule has 0 nitrogen and oxygen atoms in total. The van der Waals surface area contributed by atoms with Crippen molar-refractivity contribution in [2.75, 3.05) is 0 Å². The molecule has 0 saturated carbocycles. The Morgan fingerprint density at radius 2 is 0.412 bits per heavy atom. The van der Waals surface area contributed by atoms with Crippen molar-refractivity contribution < 1.29 is 0 Å². The van der Waals surface area contributed by atoms with Gasteiger partial charge in [-0.2, -0.15) is 0 Å². The minimum absolute atomic E-state index is 1.31. The van der Waals surface area contributed by atoms with Gasteiger partial charge in [0.15, 0.2) is 0 Å². The first-order valence-corrected chi connectivity index (χ1v) is 16.6. The lowest BCUT2D eigenvalue weighted by Crippen LogP contribution is -1.84. The Morgan fingerprint density at radius 3 is 0.618 bits per heavy atom. The highest BCUT2D eigenvalue weighted by Crippen LogP contribution is 2.15. The molecule has 0 unspecified atom stereocenters. The summed E-state index contributed by atoms with van der Waals surface area (Å²) in [5, 5.41) is 0. The fourth-order valence-corrected chi connectivity index (χ4v) is 5.15. The molecule has 0 saturated heterocycles. The fraction of sp³-hybridized carbons (Fsp3) is 0.941. The van der Waals surface area contributed by atoms with Crippen LogP contribution in [0.2, 0.25) is 0 Å². The second-order valence-corrected chi connectivity index (χ2v) is 11.2. The molecular formula is C34H68. The smallest absolute Gasteiger partial charge is 0.0351 e. The number of rotatable bonds is 30. The number of allylic oxidation sites excluding steroid dienone is 2. The van der Waals surface area contributed by atoms with Crippen molar-refractivity contribution in [1.29, 1.82) is 0 Å². The fourth-order valence-electron chi connectivity index (χ4n) is 5.15. The summed E-state index contributed by atoms with van der Waals surface area (Å²) >= 11 is 0. The van der Waals surface area contributed by atoms with Crippen LogP contribution in [0.3, 0.4) is 0 Å². The molecule has 0 spiro atoms. The highest BCUT2D eigenvalue weighted by atomic mass is 14.0. The van der Waals surface area contributed by atoms with Crippen molar-refractivity contribution in [2.45, 2.75) is 206 Å². The lowest BCUT2D eigenvalue weighted by Gasteiger charge is -2.04. The third-order valence-electron chi connectivity index (χ3n) is 7.62. The lowest BCUT2D eigenvalue weighted by atomic mass is 10.0. The summed E-state index contributed by atoms with van der Waals surface area (Å²) in [4.78, 5) is 0. The molecule has 0 heterocycles. The van der Waals surface area contributed by atoms with Crippen LogP contribution in [0, 0.1) is 0 Å². The molecule has 0 amide bonds. The van der Waals surface area contributed by atoms with E-state index in [0.717, 1.165) is 0 Å². The third kappa shape index (κ3) is 31.7. The maximum Gasteiger partial charge on any atom is -0.0351 e. The summed E-state index contributed by atoms with van der Waals surface area (Å²) in [6.45, 7) is 4.60. The lowest BCUT2D eigenvalue weighted by molar-refractivity contribution is 0.518. The number of unbranched alkanes of at least 4 members (excludes halogenated alkanes) is 28. The summed E-state index contributed by atoms with van der Waals surface area (Å²) in [6.07, 6.45) is 48.4. The zero-order valence-corrected chi connectivity index (χ0v) is 24.4. The largest absolute Gasteiger partial charge is 0.0885 e. The van der Waals surface area contributed by atoms with E-state index in [9.17, 15) is 0 Å². The molecule has 0 N–H and O–H groups in total. The molecule has 204 valence electrons. The summed E-state index contributed by atoms with van der Waals surface area (Å²) in [5.41, 5.74) is 0. The van der Waals surface area contributed by atoms with E-state index in [2.05, 4.69) is 26.0 Å². The molecule has 0 aromatic rings. The summed E-state index contributed by atoms with van der Waals surface area (Å²) in [5.74, 6) is 0. The maximum absolute atomic E-state index is 2.44. The molecule has 0 aliphatic rings. The van der Waals surface area contributed by atoms with Crippen LogP contribution in [0.4, 0.5) is 0 Å². The summed E-state index contributed by atoms with van der Waals surface area (Å²) < 4.78 is 0. The first-order valence-electron chi connectivity index (χ1n) is 16.6. The van der Waals surface area contributed by atoms with Crippen LogP contribution in [-0.2, 0) is 0 Å². The minimum Gasteiger partial charge on any atom is -0.0885 e. The van der Waals surface area contributed by atoms with Gasteiger partial charge in [-0.3, -0.25) is 0 Å². The van der Waals surface area contributed by atoms with Crippen molar-refractivity contribution >= 4 is 0 Å². The Kier molecular flexibility index (Phi) is 32.5. The first-order chi connectivity index (χ1) is 16.9. The number of hydrogen-bond donors (Lipinski definition) is 0. The van der Waals surface area contributed by atoms with Crippen LogP contribution in [0.25, 0.3) is 0 Å². The molecule has 0 fully saturated rings. The van der Waals surface area contributed by atoms with E-state index in [-0.39, 0.29) is 0 Å². The van der Waals surface area contributed by atoms with Crippen molar-refractivity contribution in [3.05, 3.63) is 12.2 Å². The van der Waals surface area contributed by atoms with Crippen LogP contribution in [0.5, 0.6) is 0 Å². The molecular weight excluding hydrogens is 408 g/mol. The van der Waals surface area contributed by atoms with Crippen LogP contribution in [-0.4, -0.2) is 0 Å². The second kappa shape index (κ2) is 32.7. The molecule has 0 bridgehead atoms. The van der Waals surface area contributed by atoms with Gasteiger partial charge in [-0.05, 0) is 25.7 Å². The number of hydrogen-bond acceptors (Lipinski definition) is 0. The van der Waals surface area contributed by atoms with Gasteiger partial charge in [-0.15, -0.1) is 0 Å². The predicted molar refractivity (Wildman–Crippen MR) is 159 cm³/mol. The van der Waals surface area contributed by atoms with Gasteiger partial charge < -0.3 is 0 Å². The van der Waals surface area contributed by atoms with Crippen LogP contribution < -0.4 is 0 Å². The highest BCUT2D eigenvalue weighted by Gasteiger charge is 1.96. The summed E-state index contributed by atoms with van der Waals surface area (Å²) in [6, 6.07) is 0. The standard InChI is InChI=1S/C34H68/c1-3-5-7-9-11-13-15-17-19-21-23-25-27-29-31-33-34-32-30-28-26-24-22-20-18-16-14-12-10-8-6-4-2/h15,17H,3-14,16,18-34H2,1-2H3/b17-15-. The van der Waals surface area contributed by atoms with Gasteiger partial charge in [0.2, 0.25) is 0 Å². The predicted octanol–water partition coefficient (Wildman–Crippen LogP) is 13.3. The van der Waals surface area contributed by atoms with Crippen LogP contribution >= 0.6 is 0 Å².